The normalized spacial score (nSPS) is 16.8. The average molecular weight is 520 g/mol. The second-order valence-corrected chi connectivity index (χ2v) is 9.00. The zero-order valence-corrected chi connectivity index (χ0v) is 22.5. The Morgan fingerprint density at radius 1 is 1.34 bits per heavy atom. The van der Waals surface area contributed by atoms with Gasteiger partial charge in [-0.3, -0.25) is 9.80 Å². The van der Waals surface area contributed by atoms with E-state index in [-0.39, 0.29) is 18.6 Å². The molecule has 1 amide bonds. The maximum absolute atomic E-state index is 13.1. The number of hydrazone groups is 1. The molecule has 38 heavy (non-hydrogen) atoms. The Labute approximate surface area is 224 Å². The van der Waals surface area contributed by atoms with Gasteiger partial charge in [-0.2, -0.15) is 0 Å². The second kappa shape index (κ2) is 13.4. The van der Waals surface area contributed by atoms with Crippen LogP contribution in [-0.4, -0.2) is 58.9 Å². The van der Waals surface area contributed by atoms with Gasteiger partial charge in [0.25, 0.3) is 5.91 Å². The predicted molar refractivity (Wildman–Crippen MR) is 151 cm³/mol. The third kappa shape index (κ3) is 6.99. The molecule has 0 saturated heterocycles. The van der Waals surface area contributed by atoms with Crippen molar-refractivity contribution in [3.8, 4) is 5.75 Å². The summed E-state index contributed by atoms with van der Waals surface area (Å²) in [5.41, 5.74) is 9.54. The van der Waals surface area contributed by atoms with E-state index in [0.717, 1.165) is 35.5 Å². The van der Waals surface area contributed by atoms with Crippen LogP contribution in [0.2, 0.25) is 0 Å². The number of fused-ring (bicyclic) bond motifs is 1. The van der Waals surface area contributed by atoms with Crippen LogP contribution in [0.5, 0.6) is 5.75 Å². The summed E-state index contributed by atoms with van der Waals surface area (Å²) in [4.78, 5) is 19.8. The Hall–Kier alpha value is -4.15. The van der Waals surface area contributed by atoms with E-state index in [4.69, 9.17) is 4.74 Å². The van der Waals surface area contributed by atoms with Crippen LogP contribution >= 0.6 is 0 Å². The van der Waals surface area contributed by atoms with Crippen molar-refractivity contribution in [3.05, 3.63) is 89.8 Å². The van der Waals surface area contributed by atoms with Crippen molar-refractivity contribution in [3.63, 3.8) is 0 Å². The second-order valence-electron chi connectivity index (χ2n) is 9.00. The summed E-state index contributed by atoms with van der Waals surface area (Å²) in [5.74, 6) is 1.80. The van der Waals surface area contributed by atoms with Gasteiger partial charge in [-0.25, -0.2) is 10.5 Å². The summed E-state index contributed by atoms with van der Waals surface area (Å²) in [5, 5.41) is 18.2. The molecular formula is C28H37N7O3. The van der Waals surface area contributed by atoms with Gasteiger partial charge >= 0.3 is 0 Å². The summed E-state index contributed by atoms with van der Waals surface area (Å²) in [6.45, 7) is 14.8. The number of aliphatic hydroxyl groups is 1. The van der Waals surface area contributed by atoms with E-state index in [2.05, 4.69) is 44.5 Å². The van der Waals surface area contributed by atoms with Crippen LogP contribution in [-0.2, 0) is 13.0 Å². The molecule has 1 atom stereocenters. The van der Waals surface area contributed by atoms with Crippen LogP contribution in [0.4, 0.5) is 0 Å². The first-order valence-corrected chi connectivity index (χ1v) is 12.4. The van der Waals surface area contributed by atoms with Crippen LogP contribution in [0.1, 0.15) is 42.3 Å². The van der Waals surface area contributed by atoms with Crippen molar-refractivity contribution in [2.45, 2.75) is 39.8 Å². The molecule has 0 aromatic heterocycles. The number of amides is 1. The molecule has 1 aromatic carbocycles. The molecule has 4 N–H and O–H groups in total. The molecule has 2 aliphatic heterocycles. The molecule has 1 aromatic rings. The smallest absolute Gasteiger partial charge is 0.259 e. The predicted octanol–water partition coefficient (Wildman–Crippen LogP) is 2.94. The largest absolute Gasteiger partial charge is 0.496 e. The maximum atomic E-state index is 13.1. The fourth-order valence-corrected chi connectivity index (χ4v) is 4.06. The third-order valence-corrected chi connectivity index (χ3v) is 6.26. The molecule has 3 rings (SSSR count). The third-order valence-electron chi connectivity index (χ3n) is 6.26. The molecule has 10 heteroatoms. The minimum absolute atomic E-state index is 0.0237. The molecule has 0 bridgehead atoms. The van der Waals surface area contributed by atoms with Gasteiger partial charge in [0.1, 0.15) is 11.6 Å². The van der Waals surface area contributed by atoms with E-state index < -0.39 is 0 Å². The van der Waals surface area contributed by atoms with Crippen molar-refractivity contribution in [2.75, 3.05) is 20.3 Å². The number of rotatable bonds is 10. The van der Waals surface area contributed by atoms with Gasteiger partial charge in [-0.05, 0) is 68.2 Å². The first-order valence-electron chi connectivity index (χ1n) is 12.4. The minimum atomic E-state index is -0.298. The number of hydrogen-bond acceptors (Lipinski definition) is 8. The summed E-state index contributed by atoms with van der Waals surface area (Å²) in [6.07, 6.45) is 11.4. The van der Waals surface area contributed by atoms with Gasteiger partial charge < -0.3 is 20.1 Å². The van der Waals surface area contributed by atoms with Gasteiger partial charge in [-0.1, -0.05) is 31.4 Å². The molecule has 0 radical (unpaired) electrons. The zero-order valence-electron chi connectivity index (χ0n) is 22.5. The summed E-state index contributed by atoms with van der Waals surface area (Å²) in [7, 11) is 1.56. The molecule has 2 heterocycles. The topological polar surface area (TPSA) is 114 Å². The Bertz CT molecular complexity index is 1210. The molecule has 1 unspecified atom stereocenters. The van der Waals surface area contributed by atoms with Crippen LogP contribution in [0, 0.1) is 0 Å². The highest BCUT2D eigenvalue weighted by Crippen LogP contribution is 2.28. The number of allylic oxidation sites excluding steroid dienone is 5. The number of amidine groups is 2. The standard InChI is InChI=1S/C28H37N7O3/c1-7-8-13-29-22(5)34-14-12-23-16-26(38-6)25(15-24(23)17-34)28(37)30-20(3)11-9-10-19(2)27-31-32-33-35(27)21(4)18-36/h7-11,13,15-16,21,32-33,36H,1,3,12,14,17-18H2,2,4-6H3,(H,30,37)/b11-9-,13-8-,19-10+,29-22?. The molecule has 0 spiro atoms. The van der Waals surface area contributed by atoms with Crippen molar-refractivity contribution in [1.29, 1.82) is 0 Å². The fourth-order valence-electron chi connectivity index (χ4n) is 4.06. The van der Waals surface area contributed by atoms with Gasteiger partial charge in [0.2, 0.25) is 0 Å². The number of ether oxygens (including phenoxy) is 1. The minimum Gasteiger partial charge on any atom is -0.496 e. The lowest BCUT2D eigenvalue weighted by atomic mass is 9.96. The summed E-state index contributed by atoms with van der Waals surface area (Å²) in [6, 6.07) is 3.67. The SMILES string of the molecule is C=C/C=C\N=C(C)N1CCc2cc(OC)c(C(=O)NC(=C)/C=C\C=C(/C)C3=NNNN3C(C)CO)cc2C1. The zero-order chi connectivity index (χ0) is 27.7. The van der Waals surface area contributed by atoms with Crippen LogP contribution in [0.25, 0.3) is 0 Å². The van der Waals surface area contributed by atoms with Gasteiger partial charge in [-0.15, -0.1) is 10.6 Å². The summed E-state index contributed by atoms with van der Waals surface area (Å²) < 4.78 is 5.54. The molecule has 2 aliphatic rings. The van der Waals surface area contributed by atoms with E-state index in [1.807, 2.05) is 39.0 Å². The first-order chi connectivity index (χ1) is 18.3. The quantitative estimate of drug-likeness (QED) is 0.214. The number of nitrogens with zero attached hydrogens (tertiary/aromatic N) is 4. The lowest BCUT2D eigenvalue weighted by Gasteiger charge is -2.31. The molecule has 10 nitrogen and oxygen atoms in total. The number of nitrogens with one attached hydrogen (secondary N) is 3. The van der Waals surface area contributed by atoms with Gasteiger partial charge in [0, 0.05) is 25.0 Å². The number of methoxy groups -OCH3 is 1. The number of hydrazine groups is 2. The number of aliphatic hydroxyl groups excluding tert-OH is 1. The number of aliphatic imine (C=N–C) groups is 1. The Kier molecular flexibility index (Phi) is 10.0. The highest BCUT2D eigenvalue weighted by Gasteiger charge is 2.24. The number of carbonyl (C=O) groups excluding carboxylic acids is 1. The highest BCUT2D eigenvalue weighted by molar-refractivity contribution is 5.99. The van der Waals surface area contributed by atoms with Crippen LogP contribution in [0.15, 0.2) is 83.2 Å². The van der Waals surface area contributed by atoms with Crippen LogP contribution in [0.3, 0.4) is 0 Å². The Morgan fingerprint density at radius 3 is 2.84 bits per heavy atom. The van der Waals surface area contributed by atoms with E-state index >= 15 is 0 Å². The molecule has 0 saturated carbocycles. The van der Waals surface area contributed by atoms with E-state index in [1.54, 1.807) is 42.6 Å². The number of carbonyl (C=O) groups is 1. The molecular weight excluding hydrogens is 482 g/mol. The molecule has 0 fully saturated rings. The Morgan fingerprint density at radius 2 is 2.13 bits per heavy atom. The lowest BCUT2D eigenvalue weighted by Crippen LogP contribution is -2.48. The Balaban J connectivity index is 1.69. The van der Waals surface area contributed by atoms with Gasteiger partial charge in [0.05, 0.1) is 25.3 Å². The van der Waals surface area contributed by atoms with Crippen molar-refractivity contribution >= 4 is 17.6 Å². The number of hydrogen-bond donors (Lipinski definition) is 4. The first kappa shape index (κ1) is 28.4. The lowest BCUT2D eigenvalue weighted by molar-refractivity contribution is 0.0964. The van der Waals surface area contributed by atoms with Gasteiger partial charge in [0.15, 0.2) is 5.84 Å². The molecule has 202 valence electrons. The van der Waals surface area contributed by atoms with E-state index in [0.29, 0.717) is 29.4 Å². The van der Waals surface area contributed by atoms with E-state index in [1.165, 1.54) is 0 Å². The maximum Gasteiger partial charge on any atom is 0.259 e. The molecule has 0 aliphatic carbocycles. The van der Waals surface area contributed by atoms with Crippen molar-refractivity contribution < 1.29 is 14.6 Å². The summed E-state index contributed by atoms with van der Waals surface area (Å²) >= 11 is 0. The highest BCUT2D eigenvalue weighted by atomic mass is 16.5. The monoisotopic (exact) mass is 519 g/mol. The van der Waals surface area contributed by atoms with Crippen molar-refractivity contribution in [2.24, 2.45) is 10.1 Å². The average Bonchev–Trinajstić information content (AvgIpc) is 3.41. The van der Waals surface area contributed by atoms with E-state index in [9.17, 15) is 9.90 Å². The van der Waals surface area contributed by atoms with Crippen LogP contribution < -0.4 is 21.1 Å². The number of benzene rings is 1. The fraction of sp³-hybridized carbons (Fsp3) is 0.321. The van der Waals surface area contributed by atoms with Crippen molar-refractivity contribution in [1.82, 2.24) is 26.3 Å².